The minimum Gasteiger partial charge on any atom is -0.358 e. The molecule has 3 amide bonds. The molecule has 34 heavy (non-hydrogen) atoms. The van der Waals surface area contributed by atoms with Crippen molar-refractivity contribution in [2.75, 3.05) is 27.2 Å². The van der Waals surface area contributed by atoms with Crippen molar-refractivity contribution < 1.29 is 14.4 Å². The van der Waals surface area contributed by atoms with Gasteiger partial charge in [-0.25, -0.2) is 0 Å². The van der Waals surface area contributed by atoms with E-state index in [0.717, 1.165) is 31.5 Å². The maximum Gasteiger partial charge on any atom is 0.236 e. The normalized spacial score (nSPS) is 14.0. The molecule has 0 bridgehead atoms. The van der Waals surface area contributed by atoms with Crippen molar-refractivity contribution in [2.45, 2.75) is 86.2 Å². The maximum absolute atomic E-state index is 11.6. The highest BCUT2D eigenvalue weighted by molar-refractivity contribution is 5.80. The average Bonchev–Trinajstić information content (AvgIpc) is 3.38. The number of likely N-dealkylation sites (N-methyl/N-ethyl adjacent to an activating group) is 2. The summed E-state index contributed by atoms with van der Waals surface area (Å²) in [5.74, 6) is 0.354. The van der Waals surface area contributed by atoms with Gasteiger partial charge in [0.15, 0.2) is 0 Å². The number of benzene rings is 1. The summed E-state index contributed by atoms with van der Waals surface area (Å²) in [6.07, 6.45) is 4.74. The van der Waals surface area contributed by atoms with E-state index in [1.165, 1.54) is 12.8 Å². The lowest BCUT2D eigenvalue weighted by Gasteiger charge is -2.22. The van der Waals surface area contributed by atoms with Gasteiger partial charge in [-0.05, 0) is 44.2 Å². The molecular weight excluding hydrogens is 428 g/mol. The molecule has 1 fully saturated rings. The summed E-state index contributed by atoms with van der Waals surface area (Å²) in [6.45, 7) is 16.2. The van der Waals surface area contributed by atoms with Gasteiger partial charge in [-0.2, -0.15) is 0 Å². The van der Waals surface area contributed by atoms with Gasteiger partial charge in [-0.1, -0.05) is 71.9 Å². The minimum atomic E-state index is -0.0833. The molecule has 0 aliphatic carbocycles. The first-order valence-corrected chi connectivity index (χ1v) is 12.5. The van der Waals surface area contributed by atoms with Crippen molar-refractivity contribution in [1.29, 1.82) is 0 Å². The largest absolute Gasteiger partial charge is 0.358 e. The first kappa shape index (κ1) is 33.8. The van der Waals surface area contributed by atoms with Crippen molar-refractivity contribution in [3.63, 3.8) is 0 Å². The Balaban J connectivity index is 0. The SMILES string of the molecule is CC.CC(C)(C)CC(=O)N1CCCC1.CCC(NC=O)c1ccccc1.CNC(=O)C(C)NC. The van der Waals surface area contributed by atoms with Crippen molar-refractivity contribution in [2.24, 2.45) is 5.41 Å². The lowest BCUT2D eigenvalue weighted by Crippen LogP contribution is -2.38. The van der Waals surface area contributed by atoms with E-state index in [2.05, 4.69) is 36.7 Å². The first-order chi connectivity index (χ1) is 16.1. The number of nitrogens with one attached hydrogen (secondary N) is 3. The predicted molar refractivity (Wildman–Crippen MR) is 142 cm³/mol. The molecule has 0 radical (unpaired) electrons. The van der Waals surface area contributed by atoms with Gasteiger partial charge in [-0.15, -0.1) is 0 Å². The minimum absolute atomic E-state index is 0.0208. The zero-order chi connectivity index (χ0) is 26.6. The molecule has 2 unspecified atom stereocenters. The summed E-state index contributed by atoms with van der Waals surface area (Å²) in [5, 5.41) is 8.09. The van der Waals surface area contributed by atoms with Crippen LogP contribution in [0.1, 0.15) is 85.8 Å². The third kappa shape index (κ3) is 16.2. The molecule has 196 valence electrons. The predicted octanol–water partition coefficient (Wildman–Crippen LogP) is 4.30. The van der Waals surface area contributed by atoms with Crippen molar-refractivity contribution >= 4 is 18.2 Å². The van der Waals surface area contributed by atoms with Gasteiger partial charge >= 0.3 is 0 Å². The molecule has 1 saturated heterocycles. The number of carbonyl (C=O) groups is 3. The fraction of sp³-hybridized carbons (Fsp3) is 0.667. The van der Waals surface area contributed by atoms with Crippen LogP contribution in [0.5, 0.6) is 0 Å². The van der Waals surface area contributed by atoms with E-state index in [1.54, 1.807) is 21.0 Å². The summed E-state index contributed by atoms with van der Waals surface area (Å²) in [5.41, 5.74) is 1.30. The summed E-state index contributed by atoms with van der Waals surface area (Å²) in [6, 6.07) is 10.0. The Morgan fingerprint density at radius 2 is 1.59 bits per heavy atom. The number of amides is 3. The van der Waals surface area contributed by atoms with Crippen LogP contribution in [0.25, 0.3) is 0 Å². The molecule has 7 nitrogen and oxygen atoms in total. The molecule has 0 saturated carbocycles. The standard InChI is InChI=1S/C10H19NO.C10H13NO.C5H12N2O.C2H6/c1-10(2,3)8-9(12)11-6-4-5-7-11;1-2-10(11-8-12)9-6-4-3-5-7-9;1-4(6-2)5(8)7-3;1-2/h4-8H2,1-3H3;3-8,10H,2H2,1H3,(H,11,12);4,6H,1-3H3,(H,7,8);1-2H3. The average molecular weight is 479 g/mol. The molecule has 1 aliphatic heterocycles. The van der Waals surface area contributed by atoms with E-state index in [9.17, 15) is 14.4 Å². The van der Waals surface area contributed by atoms with E-state index >= 15 is 0 Å². The lowest BCUT2D eigenvalue weighted by atomic mass is 9.92. The summed E-state index contributed by atoms with van der Waals surface area (Å²) in [4.78, 5) is 34.4. The van der Waals surface area contributed by atoms with Crippen LogP contribution < -0.4 is 16.0 Å². The van der Waals surface area contributed by atoms with Crippen LogP contribution >= 0.6 is 0 Å². The van der Waals surface area contributed by atoms with E-state index in [4.69, 9.17) is 0 Å². The van der Waals surface area contributed by atoms with Gasteiger partial charge < -0.3 is 20.9 Å². The smallest absolute Gasteiger partial charge is 0.236 e. The third-order valence-electron chi connectivity index (χ3n) is 5.09. The molecule has 2 rings (SSSR count). The molecule has 0 spiro atoms. The highest BCUT2D eigenvalue weighted by atomic mass is 16.2. The van der Waals surface area contributed by atoms with Gasteiger partial charge in [0.25, 0.3) is 0 Å². The summed E-state index contributed by atoms with van der Waals surface area (Å²) < 4.78 is 0. The van der Waals surface area contributed by atoms with Gasteiger partial charge in [0, 0.05) is 26.6 Å². The Labute approximate surface area is 208 Å². The van der Waals surface area contributed by atoms with Crippen LogP contribution in [0.3, 0.4) is 0 Å². The fourth-order valence-corrected chi connectivity index (χ4v) is 3.10. The van der Waals surface area contributed by atoms with Crippen LogP contribution in [0.2, 0.25) is 0 Å². The highest BCUT2D eigenvalue weighted by Gasteiger charge is 2.22. The zero-order valence-corrected chi connectivity index (χ0v) is 23.0. The third-order valence-corrected chi connectivity index (χ3v) is 5.09. The van der Waals surface area contributed by atoms with Gasteiger partial charge in [0.2, 0.25) is 18.2 Å². The molecule has 1 aromatic carbocycles. The van der Waals surface area contributed by atoms with Gasteiger partial charge in [-0.3, -0.25) is 14.4 Å². The molecule has 7 heteroatoms. The Morgan fingerprint density at radius 3 is 1.94 bits per heavy atom. The molecule has 1 aromatic rings. The van der Waals surface area contributed by atoms with Crippen molar-refractivity contribution in [1.82, 2.24) is 20.9 Å². The zero-order valence-electron chi connectivity index (χ0n) is 23.0. The number of carbonyl (C=O) groups excluding carboxylic acids is 3. The fourth-order valence-electron chi connectivity index (χ4n) is 3.10. The Morgan fingerprint density at radius 1 is 1.06 bits per heavy atom. The van der Waals surface area contributed by atoms with Crippen LogP contribution in [-0.2, 0) is 14.4 Å². The Hall–Kier alpha value is -2.41. The summed E-state index contributed by atoms with van der Waals surface area (Å²) >= 11 is 0. The van der Waals surface area contributed by atoms with Crippen molar-refractivity contribution in [3.8, 4) is 0 Å². The Kier molecular flexibility index (Phi) is 19.9. The van der Waals surface area contributed by atoms with Crippen LogP contribution in [0.4, 0.5) is 0 Å². The monoisotopic (exact) mass is 478 g/mol. The number of hydrogen-bond donors (Lipinski definition) is 3. The molecule has 1 heterocycles. The second-order valence-corrected chi connectivity index (χ2v) is 9.11. The highest BCUT2D eigenvalue weighted by Crippen LogP contribution is 2.21. The van der Waals surface area contributed by atoms with Crippen LogP contribution in [0, 0.1) is 5.41 Å². The van der Waals surface area contributed by atoms with E-state index in [1.807, 2.05) is 56.0 Å². The van der Waals surface area contributed by atoms with E-state index in [-0.39, 0.29) is 23.4 Å². The van der Waals surface area contributed by atoms with E-state index < -0.39 is 0 Å². The van der Waals surface area contributed by atoms with Gasteiger partial charge in [0.1, 0.15) is 0 Å². The Bertz CT molecular complexity index is 654. The number of hydrogen-bond acceptors (Lipinski definition) is 4. The maximum atomic E-state index is 11.6. The molecule has 3 N–H and O–H groups in total. The van der Waals surface area contributed by atoms with Crippen LogP contribution in [0.15, 0.2) is 30.3 Å². The number of likely N-dealkylation sites (tertiary alicyclic amines) is 1. The number of rotatable bonds is 7. The second kappa shape index (κ2) is 20.0. The molecule has 0 aromatic heterocycles. The number of nitrogens with zero attached hydrogens (tertiary/aromatic N) is 1. The first-order valence-electron chi connectivity index (χ1n) is 12.5. The van der Waals surface area contributed by atoms with Crippen LogP contribution in [-0.4, -0.2) is 56.4 Å². The van der Waals surface area contributed by atoms with Crippen molar-refractivity contribution in [3.05, 3.63) is 35.9 Å². The molecule has 1 aliphatic rings. The summed E-state index contributed by atoms with van der Waals surface area (Å²) in [7, 11) is 3.37. The lowest BCUT2D eigenvalue weighted by molar-refractivity contribution is -0.132. The topological polar surface area (TPSA) is 90.5 Å². The molecule has 2 atom stereocenters. The second-order valence-electron chi connectivity index (χ2n) is 9.11. The van der Waals surface area contributed by atoms with Gasteiger partial charge in [0.05, 0.1) is 12.1 Å². The molecular formula is C27H50N4O3. The van der Waals surface area contributed by atoms with E-state index in [0.29, 0.717) is 12.3 Å². The quantitative estimate of drug-likeness (QED) is 0.510.